The van der Waals surface area contributed by atoms with E-state index >= 15 is 0 Å². The average Bonchev–Trinajstić information content (AvgIpc) is 3.01. The lowest BCUT2D eigenvalue weighted by Gasteiger charge is -2.24. The highest BCUT2D eigenvalue weighted by Gasteiger charge is 2.23. The van der Waals surface area contributed by atoms with Crippen LogP contribution in [0.5, 0.6) is 0 Å². The van der Waals surface area contributed by atoms with Gasteiger partial charge in [-0.1, -0.05) is 0 Å². The van der Waals surface area contributed by atoms with E-state index in [1.54, 1.807) is 6.26 Å². The molecule has 0 saturated carbocycles. The third-order valence-corrected chi connectivity index (χ3v) is 3.44. The van der Waals surface area contributed by atoms with Gasteiger partial charge in [0.25, 0.3) is 0 Å². The van der Waals surface area contributed by atoms with Crippen LogP contribution in [0.15, 0.2) is 28.9 Å². The number of nitrogens with zero attached hydrogens (tertiary/aromatic N) is 3. The first-order chi connectivity index (χ1) is 8.75. The van der Waals surface area contributed by atoms with Crippen LogP contribution in [0.4, 0.5) is 11.5 Å². The van der Waals surface area contributed by atoms with E-state index in [0.717, 1.165) is 23.7 Å². The number of rotatable bonds is 2. The first kappa shape index (κ1) is 11.1. The molecule has 1 atom stereocenters. The Morgan fingerprint density at radius 1 is 1.44 bits per heavy atom. The Bertz CT molecular complexity index is 538. The normalized spacial score (nSPS) is 19.4. The second kappa shape index (κ2) is 4.33. The van der Waals surface area contributed by atoms with Gasteiger partial charge in [0.2, 0.25) is 0 Å². The number of nitrogens with two attached hydrogens (primary N) is 1. The van der Waals surface area contributed by atoms with Gasteiger partial charge in [-0.25, -0.2) is 0 Å². The summed E-state index contributed by atoms with van der Waals surface area (Å²) in [6, 6.07) is 6.17. The van der Waals surface area contributed by atoms with Crippen LogP contribution in [-0.4, -0.2) is 22.8 Å². The zero-order valence-corrected chi connectivity index (χ0v) is 10.3. The number of anilines is 2. The zero-order chi connectivity index (χ0) is 12.5. The average molecular weight is 244 g/mol. The lowest BCUT2D eigenvalue weighted by atomic mass is 10.2. The van der Waals surface area contributed by atoms with Crippen LogP contribution >= 0.6 is 0 Å². The van der Waals surface area contributed by atoms with Gasteiger partial charge in [-0.3, -0.25) is 0 Å². The second-order valence-corrected chi connectivity index (χ2v) is 4.66. The highest BCUT2D eigenvalue weighted by Crippen LogP contribution is 2.31. The van der Waals surface area contributed by atoms with Crippen molar-refractivity contribution < 1.29 is 4.42 Å². The van der Waals surface area contributed by atoms with Gasteiger partial charge in [0.1, 0.15) is 5.69 Å². The fourth-order valence-corrected chi connectivity index (χ4v) is 2.46. The molecule has 5 heteroatoms. The molecule has 5 nitrogen and oxygen atoms in total. The minimum absolute atomic E-state index is 0.485. The van der Waals surface area contributed by atoms with Crippen molar-refractivity contribution >= 4 is 11.5 Å². The van der Waals surface area contributed by atoms with E-state index in [9.17, 15) is 0 Å². The van der Waals surface area contributed by atoms with Gasteiger partial charge in [-0.05, 0) is 38.0 Å². The molecule has 1 fully saturated rings. The topological polar surface area (TPSA) is 68.2 Å². The van der Waals surface area contributed by atoms with Crippen molar-refractivity contribution in [2.75, 3.05) is 17.2 Å². The number of hydrogen-bond acceptors (Lipinski definition) is 5. The number of furan rings is 1. The summed E-state index contributed by atoms with van der Waals surface area (Å²) in [7, 11) is 0. The first-order valence-corrected chi connectivity index (χ1v) is 6.19. The molecule has 94 valence electrons. The predicted octanol–water partition coefficient (Wildman–Crippen LogP) is 2.31. The summed E-state index contributed by atoms with van der Waals surface area (Å²) in [5.74, 6) is 1.20. The van der Waals surface area contributed by atoms with Gasteiger partial charge in [-0.2, -0.15) is 0 Å². The van der Waals surface area contributed by atoms with Crippen molar-refractivity contribution in [1.82, 2.24) is 10.2 Å². The third-order valence-electron chi connectivity index (χ3n) is 3.44. The highest BCUT2D eigenvalue weighted by molar-refractivity contribution is 5.69. The Labute approximate surface area is 106 Å². The summed E-state index contributed by atoms with van der Waals surface area (Å²) >= 11 is 0. The maximum atomic E-state index is 5.94. The van der Waals surface area contributed by atoms with Crippen molar-refractivity contribution in [3.05, 3.63) is 24.5 Å². The monoisotopic (exact) mass is 244 g/mol. The van der Waals surface area contributed by atoms with E-state index in [-0.39, 0.29) is 0 Å². The lowest BCUT2D eigenvalue weighted by molar-refractivity contribution is 0.579. The minimum atomic E-state index is 0.485. The molecular weight excluding hydrogens is 228 g/mol. The highest BCUT2D eigenvalue weighted by atomic mass is 16.3. The van der Waals surface area contributed by atoms with E-state index in [1.807, 2.05) is 18.2 Å². The lowest BCUT2D eigenvalue weighted by Crippen LogP contribution is -2.27. The molecule has 2 aromatic heterocycles. The van der Waals surface area contributed by atoms with E-state index in [0.29, 0.717) is 11.9 Å². The minimum Gasteiger partial charge on any atom is -0.463 e. The van der Waals surface area contributed by atoms with E-state index in [1.165, 1.54) is 12.8 Å². The van der Waals surface area contributed by atoms with Crippen LogP contribution in [0.3, 0.4) is 0 Å². The Morgan fingerprint density at radius 2 is 2.33 bits per heavy atom. The number of aromatic nitrogens is 2. The molecule has 1 aliphatic rings. The predicted molar refractivity (Wildman–Crippen MR) is 70.2 cm³/mol. The fraction of sp³-hybridized carbons (Fsp3) is 0.385. The molecule has 1 saturated heterocycles. The molecule has 2 aromatic rings. The van der Waals surface area contributed by atoms with Gasteiger partial charge in [0.05, 0.1) is 12.0 Å². The molecule has 0 bridgehead atoms. The van der Waals surface area contributed by atoms with E-state index < -0.39 is 0 Å². The molecule has 0 aromatic carbocycles. The first-order valence-electron chi connectivity index (χ1n) is 6.19. The molecule has 1 unspecified atom stereocenters. The largest absolute Gasteiger partial charge is 0.463 e. The summed E-state index contributed by atoms with van der Waals surface area (Å²) < 4.78 is 5.34. The van der Waals surface area contributed by atoms with Crippen molar-refractivity contribution in [2.45, 2.75) is 25.8 Å². The Kier molecular flexibility index (Phi) is 2.66. The van der Waals surface area contributed by atoms with Crippen LogP contribution in [0.25, 0.3) is 11.5 Å². The van der Waals surface area contributed by atoms with Crippen molar-refractivity contribution in [1.29, 1.82) is 0 Å². The maximum Gasteiger partial charge on any atom is 0.169 e. The quantitative estimate of drug-likeness (QED) is 0.878. The molecule has 0 radical (unpaired) electrons. The SMILES string of the molecule is CC1CCCN1c1cc(-c2ccco2)nnc1N. The summed E-state index contributed by atoms with van der Waals surface area (Å²) in [6.45, 7) is 3.23. The molecule has 0 amide bonds. The molecule has 0 aliphatic carbocycles. The van der Waals surface area contributed by atoms with Crippen LogP contribution in [0.2, 0.25) is 0 Å². The standard InChI is InChI=1S/C13H16N4O/c1-9-4-2-6-17(9)11-8-10(15-16-13(11)14)12-5-3-7-18-12/h3,5,7-9H,2,4,6H2,1H3,(H2,14,16). The summed E-state index contributed by atoms with van der Waals surface area (Å²) in [4.78, 5) is 2.29. The maximum absolute atomic E-state index is 5.94. The molecule has 0 spiro atoms. The number of nitrogen functional groups attached to an aromatic ring is 1. The van der Waals surface area contributed by atoms with Crippen LogP contribution in [0.1, 0.15) is 19.8 Å². The van der Waals surface area contributed by atoms with Gasteiger partial charge >= 0.3 is 0 Å². The smallest absolute Gasteiger partial charge is 0.169 e. The van der Waals surface area contributed by atoms with Crippen molar-refractivity contribution in [3.8, 4) is 11.5 Å². The van der Waals surface area contributed by atoms with E-state index in [4.69, 9.17) is 10.2 Å². The Morgan fingerprint density at radius 3 is 3.00 bits per heavy atom. The van der Waals surface area contributed by atoms with Crippen LogP contribution in [-0.2, 0) is 0 Å². The molecule has 1 aliphatic heterocycles. The third kappa shape index (κ3) is 1.81. The van der Waals surface area contributed by atoms with Crippen molar-refractivity contribution in [3.63, 3.8) is 0 Å². The molecule has 3 rings (SSSR count). The molecule has 2 N–H and O–H groups in total. The fourth-order valence-electron chi connectivity index (χ4n) is 2.46. The van der Waals surface area contributed by atoms with E-state index in [2.05, 4.69) is 22.0 Å². The summed E-state index contributed by atoms with van der Waals surface area (Å²) in [5, 5.41) is 8.12. The van der Waals surface area contributed by atoms with Crippen molar-refractivity contribution in [2.24, 2.45) is 0 Å². The second-order valence-electron chi connectivity index (χ2n) is 4.66. The van der Waals surface area contributed by atoms with Gasteiger partial charge in [0, 0.05) is 12.6 Å². The van der Waals surface area contributed by atoms with Crippen LogP contribution in [0, 0.1) is 0 Å². The van der Waals surface area contributed by atoms with Crippen LogP contribution < -0.4 is 10.6 Å². The van der Waals surface area contributed by atoms with Gasteiger partial charge in [-0.15, -0.1) is 10.2 Å². The molecule has 18 heavy (non-hydrogen) atoms. The summed E-state index contributed by atoms with van der Waals surface area (Å²) in [5.41, 5.74) is 7.62. The van der Waals surface area contributed by atoms with Gasteiger partial charge in [0.15, 0.2) is 11.6 Å². The van der Waals surface area contributed by atoms with Gasteiger partial charge < -0.3 is 15.1 Å². The molecule has 3 heterocycles. The Balaban J connectivity index is 2.01. The summed E-state index contributed by atoms with van der Waals surface area (Å²) in [6.07, 6.45) is 4.02. The Hall–Kier alpha value is -2.04. The zero-order valence-electron chi connectivity index (χ0n) is 10.3. The molecular formula is C13H16N4O. The number of hydrogen-bond donors (Lipinski definition) is 1.